The third kappa shape index (κ3) is 7.12. The summed E-state index contributed by atoms with van der Waals surface area (Å²) in [5.74, 6) is -4.05. The zero-order chi connectivity index (χ0) is 18.2. The number of carboxylic acid groups (broad SMARTS) is 1. The smallest absolute Gasteiger partial charge is 0.471 e. The van der Waals surface area contributed by atoms with Crippen LogP contribution < -0.4 is 10.6 Å². The van der Waals surface area contributed by atoms with Crippen molar-refractivity contribution in [3.8, 4) is 0 Å². The highest BCUT2D eigenvalue weighted by molar-refractivity contribution is 5.90. The van der Waals surface area contributed by atoms with Crippen molar-refractivity contribution >= 4 is 17.8 Å². The standard InChI is InChI=1S/C15H17F3N2O4/c16-15(17,18)14(24)20-11(9-10-5-2-1-3-6-10)13(23)19-8-4-7-12(21)22/h1-3,5-6,11H,4,7-9H2,(H,19,23)(H,20,24)(H,21,22). The Morgan fingerprint density at radius 3 is 2.29 bits per heavy atom. The molecule has 1 atom stereocenters. The van der Waals surface area contributed by atoms with Crippen LogP contribution in [-0.4, -0.2) is 41.7 Å². The average Bonchev–Trinajstić information content (AvgIpc) is 2.50. The van der Waals surface area contributed by atoms with E-state index in [4.69, 9.17) is 5.11 Å². The van der Waals surface area contributed by atoms with Crippen LogP contribution in [0.5, 0.6) is 0 Å². The van der Waals surface area contributed by atoms with Gasteiger partial charge in [-0.1, -0.05) is 30.3 Å². The van der Waals surface area contributed by atoms with E-state index in [1.165, 1.54) is 0 Å². The molecule has 9 heteroatoms. The highest BCUT2D eigenvalue weighted by Gasteiger charge is 2.40. The van der Waals surface area contributed by atoms with Crippen molar-refractivity contribution in [1.82, 2.24) is 10.6 Å². The maximum atomic E-state index is 12.4. The summed E-state index contributed by atoms with van der Waals surface area (Å²) >= 11 is 0. The Kier molecular flexibility index (Phi) is 7.22. The molecule has 0 aliphatic heterocycles. The van der Waals surface area contributed by atoms with Crippen LogP contribution in [0.3, 0.4) is 0 Å². The molecule has 3 N–H and O–H groups in total. The van der Waals surface area contributed by atoms with Gasteiger partial charge in [0.15, 0.2) is 0 Å². The van der Waals surface area contributed by atoms with Crippen LogP contribution in [0.15, 0.2) is 30.3 Å². The number of halogens is 3. The molecule has 1 aromatic rings. The molecule has 132 valence electrons. The largest absolute Gasteiger partial charge is 0.481 e. The number of benzene rings is 1. The Morgan fingerprint density at radius 1 is 1.12 bits per heavy atom. The lowest BCUT2D eigenvalue weighted by Crippen LogP contribution is -2.51. The van der Waals surface area contributed by atoms with Gasteiger partial charge in [-0.3, -0.25) is 14.4 Å². The molecule has 0 spiro atoms. The molecule has 0 heterocycles. The fourth-order valence-corrected chi connectivity index (χ4v) is 1.87. The van der Waals surface area contributed by atoms with Gasteiger partial charge >= 0.3 is 18.1 Å². The Bertz CT molecular complexity index is 576. The van der Waals surface area contributed by atoms with Crippen LogP contribution in [0, 0.1) is 0 Å². The quantitative estimate of drug-likeness (QED) is 0.618. The first kappa shape index (κ1) is 19.5. The van der Waals surface area contributed by atoms with Crippen molar-refractivity contribution in [3.05, 3.63) is 35.9 Å². The van der Waals surface area contributed by atoms with Crippen molar-refractivity contribution < 1.29 is 32.7 Å². The second-order valence-electron chi connectivity index (χ2n) is 5.00. The van der Waals surface area contributed by atoms with Crippen LogP contribution in [0.25, 0.3) is 0 Å². The fourth-order valence-electron chi connectivity index (χ4n) is 1.87. The third-order valence-corrected chi connectivity index (χ3v) is 3.03. The van der Waals surface area contributed by atoms with Gasteiger partial charge in [0.2, 0.25) is 5.91 Å². The number of hydrogen-bond acceptors (Lipinski definition) is 3. The van der Waals surface area contributed by atoms with E-state index < -0.39 is 30.0 Å². The highest BCUT2D eigenvalue weighted by Crippen LogP contribution is 2.15. The molecule has 1 unspecified atom stereocenters. The molecular formula is C15H17F3N2O4. The Morgan fingerprint density at radius 2 is 1.75 bits per heavy atom. The molecule has 0 aromatic heterocycles. The Hall–Kier alpha value is -2.58. The normalized spacial score (nSPS) is 12.3. The van der Waals surface area contributed by atoms with E-state index in [0.29, 0.717) is 5.56 Å². The third-order valence-electron chi connectivity index (χ3n) is 3.03. The molecule has 1 rings (SSSR count). The van der Waals surface area contributed by atoms with Gasteiger partial charge in [-0.2, -0.15) is 13.2 Å². The molecule has 0 aliphatic carbocycles. The maximum Gasteiger partial charge on any atom is 0.471 e. The van der Waals surface area contributed by atoms with Gasteiger partial charge in [0.1, 0.15) is 6.04 Å². The highest BCUT2D eigenvalue weighted by atomic mass is 19.4. The summed E-state index contributed by atoms with van der Waals surface area (Å²) in [6.45, 7) is -0.0156. The lowest BCUT2D eigenvalue weighted by atomic mass is 10.1. The van der Waals surface area contributed by atoms with E-state index in [1.807, 2.05) is 0 Å². The van der Waals surface area contributed by atoms with E-state index in [-0.39, 0.29) is 25.8 Å². The number of carboxylic acids is 1. The zero-order valence-corrected chi connectivity index (χ0v) is 12.6. The summed E-state index contributed by atoms with van der Waals surface area (Å²) in [4.78, 5) is 33.5. The number of carbonyl (C=O) groups is 3. The molecule has 24 heavy (non-hydrogen) atoms. The number of hydrogen-bond donors (Lipinski definition) is 3. The molecule has 0 aliphatic rings. The molecule has 0 fully saturated rings. The van der Waals surface area contributed by atoms with E-state index in [2.05, 4.69) is 5.32 Å². The molecule has 0 saturated heterocycles. The van der Waals surface area contributed by atoms with Crippen LogP contribution in [0.1, 0.15) is 18.4 Å². The molecule has 0 radical (unpaired) electrons. The van der Waals surface area contributed by atoms with E-state index >= 15 is 0 Å². The molecule has 2 amide bonds. The first-order valence-electron chi connectivity index (χ1n) is 7.11. The number of nitrogens with one attached hydrogen (secondary N) is 2. The van der Waals surface area contributed by atoms with Gasteiger partial charge in [-0.15, -0.1) is 0 Å². The first-order chi connectivity index (χ1) is 11.2. The van der Waals surface area contributed by atoms with Crippen LogP contribution in [0.2, 0.25) is 0 Å². The van der Waals surface area contributed by atoms with Crippen molar-refractivity contribution in [2.24, 2.45) is 0 Å². The summed E-state index contributed by atoms with van der Waals surface area (Å²) in [6, 6.07) is 6.84. The Labute approximate surface area is 136 Å². The van der Waals surface area contributed by atoms with Gasteiger partial charge in [0.05, 0.1) is 0 Å². The minimum Gasteiger partial charge on any atom is -0.481 e. The summed E-state index contributed by atoms with van der Waals surface area (Å²) in [5.41, 5.74) is 0.575. The number of alkyl halides is 3. The number of rotatable bonds is 8. The second-order valence-corrected chi connectivity index (χ2v) is 5.00. The predicted molar refractivity (Wildman–Crippen MR) is 78.0 cm³/mol. The summed E-state index contributed by atoms with van der Waals surface area (Å²) in [6.07, 6.45) is -5.27. The summed E-state index contributed by atoms with van der Waals surface area (Å²) in [7, 11) is 0. The average molecular weight is 346 g/mol. The molecular weight excluding hydrogens is 329 g/mol. The monoisotopic (exact) mass is 346 g/mol. The lowest BCUT2D eigenvalue weighted by Gasteiger charge is -2.19. The zero-order valence-electron chi connectivity index (χ0n) is 12.6. The SMILES string of the molecule is O=C(O)CCCNC(=O)C(Cc1ccccc1)NC(=O)C(F)(F)F. The lowest BCUT2D eigenvalue weighted by molar-refractivity contribution is -0.174. The minimum atomic E-state index is -5.10. The van der Waals surface area contributed by atoms with Gasteiger partial charge in [0, 0.05) is 19.4 Å². The summed E-state index contributed by atoms with van der Waals surface area (Å²) in [5, 5.41) is 12.5. The summed E-state index contributed by atoms with van der Waals surface area (Å²) < 4.78 is 37.2. The van der Waals surface area contributed by atoms with Crippen molar-refractivity contribution in [2.75, 3.05) is 6.54 Å². The molecule has 0 saturated carbocycles. The first-order valence-corrected chi connectivity index (χ1v) is 7.11. The van der Waals surface area contributed by atoms with Crippen molar-refractivity contribution in [3.63, 3.8) is 0 Å². The molecule has 6 nitrogen and oxygen atoms in total. The van der Waals surface area contributed by atoms with Crippen LogP contribution >= 0.6 is 0 Å². The van der Waals surface area contributed by atoms with E-state index in [0.717, 1.165) is 0 Å². The van der Waals surface area contributed by atoms with Crippen molar-refractivity contribution in [2.45, 2.75) is 31.5 Å². The second kappa shape index (κ2) is 8.90. The van der Waals surface area contributed by atoms with Gasteiger partial charge < -0.3 is 15.7 Å². The van der Waals surface area contributed by atoms with Crippen LogP contribution in [-0.2, 0) is 20.8 Å². The number of carbonyl (C=O) groups excluding carboxylic acids is 2. The maximum absolute atomic E-state index is 12.4. The van der Waals surface area contributed by atoms with E-state index in [1.54, 1.807) is 35.6 Å². The topological polar surface area (TPSA) is 95.5 Å². The van der Waals surface area contributed by atoms with Crippen molar-refractivity contribution in [1.29, 1.82) is 0 Å². The number of amides is 2. The fraction of sp³-hybridized carbons (Fsp3) is 0.400. The van der Waals surface area contributed by atoms with Gasteiger partial charge in [0.25, 0.3) is 0 Å². The van der Waals surface area contributed by atoms with Gasteiger partial charge in [-0.05, 0) is 12.0 Å². The minimum absolute atomic E-state index is 0.0156. The van der Waals surface area contributed by atoms with E-state index in [9.17, 15) is 27.6 Å². The van der Waals surface area contributed by atoms with Gasteiger partial charge in [-0.25, -0.2) is 0 Å². The molecule has 1 aromatic carbocycles. The van der Waals surface area contributed by atoms with Crippen LogP contribution in [0.4, 0.5) is 13.2 Å². The number of aliphatic carboxylic acids is 1. The Balaban J connectivity index is 2.70. The predicted octanol–water partition coefficient (Wildman–Crippen LogP) is 1.26. The molecule has 0 bridgehead atoms.